The summed E-state index contributed by atoms with van der Waals surface area (Å²) in [5.74, 6) is 1.17. The fourth-order valence-electron chi connectivity index (χ4n) is 5.04. The van der Waals surface area contributed by atoms with Gasteiger partial charge in [-0.3, -0.25) is 9.78 Å². The number of hydrogen-bond acceptors (Lipinski definition) is 4. The highest BCUT2D eigenvalue weighted by molar-refractivity contribution is 6.01. The molecule has 1 heterocycles. The van der Waals surface area contributed by atoms with Crippen molar-refractivity contribution in [1.82, 2.24) is 4.98 Å². The molecule has 1 aromatic rings. The number of fused-ring (bicyclic) bond motifs is 3. The highest BCUT2D eigenvalue weighted by atomic mass is 16.3. The minimum atomic E-state index is -0.544. The van der Waals surface area contributed by atoms with Crippen molar-refractivity contribution < 1.29 is 9.90 Å². The normalized spacial score (nSPS) is 34.0. The summed E-state index contributed by atoms with van der Waals surface area (Å²) >= 11 is 0. The molecule has 128 valence electrons. The highest BCUT2D eigenvalue weighted by Gasteiger charge is 2.42. The number of carbonyl (C=O) groups is 1. The van der Waals surface area contributed by atoms with Crippen molar-refractivity contribution in [1.29, 1.82) is 0 Å². The SMILES string of the molecule is CC(=O)c1cnc2c(c1N[C@H]1CCC3C[C@@H]1C[C@@](C)(O)C3)C=CC2. The summed E-state index contributed by atoms with van der Waals surface area (Å²) in [5.41, 5.74) is 3.22. The predicted molar refractivity (Wildman–Crippen MR) is 95.1 cm³/mol. The van der Waals surface area contributed by atoms with Crippen LogP contribution in [0.25, 0.3) is 6.08 Å². The molecule has 0 radical (unpaired) electrons. The van der Waals surface area contributed by atoms with Crippen LogP contribution in [0.3, 0.4) is 0 Å². The smallest absolute Gasteiger partial charge is 0.163 e. The number of allylic oxidation sites excluding steroid dienone is 1. The predicted octanol–water partition coefficient (Wildman–Crippen LogP) is 3.60. The number of nitrogens with one attached hydrogen (secondary N) is 1. The van der Waals surface area contributed by atoms with Gasteiger partial charge < -0.3 is 10.4 Å². The molecule has 4 rings (SSSR count). The maximum absolute atomic E-state index is 12.1. The van der Waals surface area contributed by atoms with Gasteiger partial charge in [0.05, 0.1) is 22.5 Å². The number of anilines is 1. The van der Waals surface area contributed by atoms with Gasteiger partial charge in [-0.25, -0.2) is 0 Å². The molecule has 4 heteroatoms. The Morgan fingerprint density at radius 1 is 1.38 bits per heavy atom. The van der Waals surface area contributed by atoms with Crippen LogP contribution >= 0.6 is 0 Å². The fourth-order valence-corrected chi connectivity index (χ4v) is 5.04. The molecule has 2 saturated carbocycles. The molecular formula is C20H26N2O2. The zero-order chi connectivity index (χ0) is 16.9. The van der Waals surface area contributed by atoms with Crippen LogP contribution in [0.15, 0.2) is 12.3 Å². The molecule has 1 aromatic heterocycles. The van der Waals surface area contributed by atoms with Gasteiger partial charge in [0, 0.05) is 24.2 Å². The van der Waals surface area contributed by atoms with E-state index in [9.17, 15) is 9.90 Å². The maximum Gasteiger partial charge on any atom is 0.163 e. The van der Waals surface area contributed by atoms with E-state index < -0.39 is 5.60 Å². The number of nitrogens with zero attached hydrogens (tertiary/aromatic N) is 1. The van der Waals surface area contributed by atoms with Crippen LogP contribution in [0.4, 0.5) is 5.69 Å². The molecule has 2 N–H and O–H groups in total. The second-order valence-corrected chi connectivity index (χ2v) is 8.17. The van der Waals surface area contributed by atoms with Gasteiger partial charge >= 0.3 is 0 Å². The average Bonchev–Trinajstić information content (AvgIpc) is 2.97. The molecule has 4 atom stereocenters. The Kier molecular flexibility index (Phi) is 3.75. The second-order valence-electron chi connectivity index (χ2n) is 8.17. The molecule has 0 aromatic carbocycles. The second kappa shape index (κ2) is 5.69. The number of pyridine rings is 1. The van der Waals surface area contributed by atoms with E-state index in [1.165, 1.54) is 6.42 Å². The van der Waals surface area contributed by atoms with Crippen LogP contribution in [0.1, 0.15) is 67.6 Å². The molecule has 0 amide bonds. The molecule has 0 aliphatic heterocycles. The Morgan fingerprint density at radius 3 is 3.00 bits per heavy atom. The minimum Gasteiger partial charge on any atom is -0.390 e. The molecule has 4 nitrogen and oxygen atoms in total. The van der Waals surface area contributed by atoms with Crippen molar-refractivity contribution >= 4 is 17.5 Å². The number of aromatic nitrogens is 1. The first-order valence-electron chi connectivity index (χ1n) is 9.11. The molecule has 2 fully saturated rings. The summed E-state index contributed by atoms with van der Waals surface area (Å²) in [6, 6.07) is 0.326. The van der Waals surface area contributed by atoms with Crippen LogP contribution in [0.2, 0.25) is 0 Å². The van der Waals surface area contributed by atoms with Crippen LogP contribution in [0, 0.1) is 11.8 Å². The molecule has 2 bridgehead atoms. The summed E-state index contributed by atoms with van der Waals surface area (Å²) in [6.45, 7) is 3.58. The van der Waals surface area contributed by atoms with Crippen molar-refractivity contribution in [2.24, 2.45) is 11.8 Å². The van der Waals surface area contributed by atoms with E-state index >= 15 is 0 Å². The topological polar surface area (TPSA) is 62.2 Å². The molecule has 3 aliphatic carbocycles. The van der Waals surface area contributed by atoms with E-state index in [0.29, 0.717) is 23.4 Å². The van der Waals surface area contributed by atoms with Gasteiger partial charge in [-0.15, -0.1) is 0 Å². The Morgan fingerprint density at radius 2 is 2.21 bits per heavy atom. The summed E-state index contributed by atoms with van der Waals surface area (Å²) in [4.78, 5) is 16.5. The number of ketones is 1. The van der Waals surface area contributed by atoms with Crippen molar-refractivity contribution in [3.05, 3.63) is 29.1 Å². The number of Topliss-reactive ketones (excluding diaryl/α,β-unsaturated/α-hetero) is 1. The fraction of sp³-hybridized carbons (Fsp3) is 0.600. The summed E-state index contributed by atoms with van der Waals surface area (Å²) in [6.07, 6.45) is 12.0. The highest BCUT2D eigenvalue weighted by Crippen LogP contribution is 2.45. The van der Waals surface area contributed by atoms with E-state index in [0.717, 1.165) is 49.0 Å². The van der Waals surface area contributed by atoms with E-state index in [2.05, 4.69) is 22.5 Å². The first kappa shape index (κ1) is 15.8. The van der Waals surface area contributed by atoms with Gasteiger partial charge in [0.25, 0.3) is 0 Å². The van der Waals surface area contributed by atoms with Gasteiger partial charge in [0.2, 0.25) is 0 Å². The van der Waals surface area contributed by atoms with Gasteiger partial charge in [0.1, 0.15) is 0 Å². The van der Waals surface area contributed by atoms with Gasteiger partial charge in [-0.05, 0) is 57.8 Å². The first-order valence-corrected chi connectivity index (χ1v) is 9.11. The standard InChI is InChI=1S/C20H26N2O2/c1-12(23)16-11-21-18-5-3-4-15(18)19(16)22-17-7-6-13-8-14(17)10-20(2,24)9-13/h3-4,11,13-14,17,24H,5-10H2,1-2H3,(H,21,22)/t13?,14-,17+,20+/m1/s1. The molecule has 1 unspecified atom stereocenters. The Bertz CT molecular complexity index is 708. The lowest BCUT2D eigenvalue weighted by Gasteiger charge is -2.47. The van der Waals surface area contributed by atoms with Crippen LogP contribution in [-0.2, 0) is 6.42 Å². The number of hydrogen-bond donors (Lipinski definition) is 2. The minimum absolute atomic E-state index is 0.0532. The van der Waals surface area contributed by atoms with Crippen LogP contribution in [-0.4, -0.2) is 27.5 Å². The monoisotopic (exact) mass is 326 g/mol. The number of rotatable bonds is 3. The molecule has 0 saturated heterocycles. The summed E-state index contributed by atoms with van der Waals surface area (Å²) in [7, 11) is 0. The van der Waals surface area contributed by atoms with E-state index in [-0.39, 0.29) is 5.78 Å². The molecule has 3 aliphatic rings. The van der Waals surface area contributed by atoms with E-state index in [1.807, 2.05) is 6.92 Å². The van der Waals surface area contributed by atoms with E-state index in [4.69, 9.17) is 0 Å². The van der Waals surface area contributed by atoms with Crippen molar-refractivity contribution in [3.8, 4) is 0 Å². The largest absolute Gasteiger partial charge is 0.390 e. The molecular weight excluding hydrogens is 300 g/mol. The van der Waals surface area contributed by atoms with Crippen molar-refractivity contribution in [2.45, 2.75) is 64.0 Å². The summed E-state index contributed by atoms with van der Waals surface area (Å²) < 4.78 is 0. The van der Waals surface area contributed by atoms with Crippen molar-refractivity contribution in [2.75, 3.05) is 5.32 Å². The third-order valence-corrected chi connectivity index (χ3v) is 6.03. The average molecular weight is 326 g/mol. The molecule has 24 heavy (non-hydrogen) atoms. The number of aliphatic hydroxyl groups is 1. The van der Waals surface area contributed by atoms with Crippen LogP contribution in [0.5, 0.6) is 0 Å². The van der Waals surface area contributed by atoms with Crippen LogP contribution < -0.4 is 5.32 Å². The van der Waals surface area contributed by atoms with Gasteiger partial charge in [-0.2, -0.15) is 0 Å². The Hall–Kier alpha value is -1.68. The Balaban J connectivity index is 1.65. The van der Waals surface area contributed by atoms with Gasteiger partial charge in [-0.1, -0.05) is 12.2 Å². The lowest BCUT2D eigenvalue weighted by molar-refractivity contribution is -0.0403. The zero-order valence-electron chi connectivity index (χ0n) is 14.5. The molecule has 0 spiro atoms. The van der Waals surface area contributed by atoms with Crippen molar-refractivity contribution in [3.63, 3.8) is 0 Å². The number of carbonyl (C=O) groups excluding carboxylic acids is 1. The maximum atomic E-state index is 12.1. The zero-order valence-corrected chi connectivity index (χ0v) is 14.5. The van der Waals surface area contributed by atoms with Gasteiger partial charge in [0.15, 0.2) is 5.78 Å². The van der Waals surface area contributed by atoms with E-state index in [1.54, 1.807) is 13.1 Å². The third-order valence-electron chi connectivity index (χ3n) is 6.03. The summed E-state index contributed by atoms with van der Waals surface area (Å²) in [5, 5.41) is 14.3. The third kappa shape index (κ3) is 2.77. The Labute approximate surface area is 143 Å². The lowest BCUT2D eigenvalue weighted by atomic mass is 9.64. The quantitative estimate of drug-likeness (QED) is 0.833. The lowest BCUT2D eigenvalue weighted by Crippen LogP contribution is -2.46. The first-order chi connectivity index (χ1) is 11.4.